The van der Waals surface area contributed by atoms with Gasteiger partial charge in [-0.2, -0.15) is 0 Å². The van der Waals surface area contributed by atoms with E-state index in [0.29, 0.717) is 26.3 Å². The van der Waals surface area contributed by atoms with Crippen LogP contribution in [-0.4, -0.2) is 51.5 Å². The molecule has 1 aliphatic rings. The second kappa shape index (κ2) is 9.50. The molecule has 124 valence electrons. The van der Waals surface area contributed by atoms with E-state index >= 15 is 0 Å². The zero-order valence-electron chi connectivity index (χ0n) is 12.8. The van der Waals surface area contributed by atoms with Crippen LogP contribution < -0.4 is 20.1 Å². The maximum absolute atomic E-state index is 11.9. The van der Waals surface area contributed by atoms with Crippen molar-refractivity contribution in [1.29, 1.82) is 0 Å². The molecule has 6 nitrogen and oxygen atoms in total. The monoisotopic (exact) mass is 330 g/mol. The third-order valence-electron chi connectivity index (χ3n) is 3.20. The molecular formula is C15H23ClN2O4. The number of halogens is 1. The molecule has 22 heavy (non-hydrogen) atoms. The lowest BCUT2D eigenvalue weighted by Crippen LogP contribution is -2.52. The van der Waals surface area contributed by atoms with Crippen molar-refractivity contribution in [3.63, 3.8) is 0 Å². The van der Waals surface area contributed by atoms with Crippen molar-refractivity contribution in [2.24, 2.45) is 0 Å². The highest BCUT2D eigenvalue weighted by atomic mass is 35.5. The minimum atomic E-state index is -0.271. The number of hydrogen-bond acceptors (Lipinski definition) is 5. The summed E-state index contributed by atoms with van der Waals surface area (Å²) >= 11 is 0. The van der Waals surface area contributed by atoms with Crippen LogP contribution >= 0.6 is 12.4 Å². The van der Waals surface area contributed by atoms with Crippen LogP contribution in [0.5, 0.6) is 11.5 Å². The Kier molecular flexibility index (Phi) is 8.01. The van der Waals surface area contributed by atoms with Gasteiger partial charge in [0.05, 0.1) is 26.9 Å². The van der Waals surface area contributed by atoms with E-state index < -0.39 is 0 Å². The molecule has 1 saturated heterocycles. The van der Waals surface area contributed by atoms with Gasteiger partial charge in [0.15, 0.2) is 0 Å². The molecule has 1 heterocycles. The average molecular weight is 331 g/mol. The molecule has 0 bridgehead atoms. The third kappa shape index (κ3) is 5.71. The molecule has 0 saturated carbocycles. The van der Waals surface area contributed by atoms with Gasteiger partial charge < -0.3 is 24.8 Å². The van der Waals surface area contributed by atoms with Crippen LogP contribution in [0.1, 0.15) is 6.92 Å². The van der Waals surface area contributed by atoms with Gasteiger partial charge in [-0.05, 0) is 31.2 Å². The second-order valence-electron chi connectivity index (χ2n) is 4.93. The van der Waals surface area contributed by atoms with Gasteiger partial charge in [-0.25, -0.2) is 0 Å². The molecule has 2 rings (SSSR count). The number of carbonyl (C=O) groups is 1. The molecule has 1 aromatic carbocycles. The topological polar surface area (TPSA) is 68.8 Å². The highest BCUT2D eigenvalue weighted by Gasteiger charge is 2.21. The van der Waals surface area contributed by atoms with E-state index in [-0.39, 0.29) is 30.5 Å². The van der Waals surface area contributed by atoms with Crippen LogP contribution in [-0.2, 0) is 9.53 Å². The quantitative estimate of drug-likeness (QED) is 0.814. The first-order valence-corrected chi connectivity index (χ1v) is 7.08. The summed E-state index contributed by atoms with van der Waals surface area (Å²) in [6, 6.07) is 7.09. The summed E-state index contributed by atoms with van der Waals surface area (Å²) in [7, 11) is 1.62. The molecule has 0 aliphatic carbocycles. The number of nitrogens with one attached hydrogen (secondary N) is 2. The highest BCUT2D eigenvalue weighted by molar-refractivity contribution is 5.85. The number of morpholine rings is 1. The Balaban J connectivity index is 0.00000242. The Morgan fingerprint density at radius 3 is 2.68 bits per heavy atom. The van der Waals surface area contributed by atoms with Gasteiger partial charge in [0.1, 0.15) is 23.6 Å². The summed E-state index contributed by atoms with van der Waals surface area (Å²) < 4.78 is 16.1. The summed E-state index contributed by atoms with van der Waals surface area (Å²) in [6.07, 6.45) is -0.119. The van der Waals surface area contributed by atoms with Crippen molar-refractivity contribution in [1.82, 2.24) is 10.6 Å². The van der Waals surface area contributed by atoms with Crippen LogP contribution in [0.4, 0.5) is 0 Å². The Morgan fingerprint density at radius 2 is 2.09 bits per heavy atom. The summed E-state index contributed by atoms with van der Waals surface area (Å²) in [5.41, 5.74) is 0. The highest BCUT2D eigenvalue weighted by Crippen LogP contribution is 2.17. The van der Waals surface area contributed by atoms with Crippen molar-refractivity contribution in [3.8, 4) is 11.5 Å². The SMILES string of the molecule is COc1ccc(OC(C)CNC(=O)C2COCCN2)cc1.Cl. The zero-order valence-corrected chi connectivity index (χ0v) is 13.7. The van der Waals surface area contributed by atoms with Crippen LogP contribution in [0, 0.1) is 0 Å². The predicted molar refractivity (Wildman–Crippen MR) is 86.0 cm³/mol. The molecule has 2 N–H and O–H groups in total. The van der Waals surface area contributed by atoms with Gasteiger partial charge in [0.2, 0.25) is 5.91 Å². The first kappa shape index (κ1) is 18.5. The minimum absolute atomic E-state index is 0. The van der Waals surface area contributed by atoms with E-state index in [4.69, 9.17) is 14.2 Å². The number of methoxy groups -OCH3 is 1. The molecule has 1 amide bonds. The first-order chi connectivity index (χ1) is 10.2. The number of hydrogen-bond donors (Lipinski definition) is 2. The zero-order chi connectivity index (χ0) is 15.1. The number of amides is 1. The molecule has 2 unspecified atom stereocenters. The molecule has 0 radical (unpaired) electrons. The predicted octanol–water partition coefficient (Wildman–Crippen LogP) is 0.989. The van der Waals surface area contributed by atoms with Crippen LogP contribution in [0.2, 0.25) is 0 Å². The normalized spacial score (nSPS) is 18.7. The molecule has 0 spiro atoms. The van der Waals surface area contributed by atoms with Gasteiger partial charge in [-0.3, -0.25) is 4.79 Å². The first-order valence-electron chi connectivity index (χ1n) is 7.08. The lowest BCUT2D eigenvalue weighted by atomic mass is 10.2. The number of benzene rings is 1. The van der Waals surface area contributed by atoms with Crippen molar-refractivity contribution in [2.45, 2.75) is 19.1 Å². The number of ether oxygens (including phenoxy) is 3. The van der Waals surface area contributed by atoms with E-state index in [2.05, 4.69) is 10.6 Å². The fourth-order valence-corrected chi connectivity index (χ4v) is 2.03. The van der Waals surface area contributed by atoms with E-state index in [9.17, 15) is 4.79 Å². The largest absolute Gasteiger partial charge is 0.497 e. The van der Waals surface area contributed by atoms with Crippen LogP contribution in [0.25, 0.3) is 0 Å². The van der Waals surface area contributed by atoms with Gasteiger partial charge >= 0.3 is 0 Å². The van der Waals surface area contributed by atoms with Gasteiger partial charge in [-0.15, -0.1) is 12.4 Å². The Labute approximate surface area is 136 Å². The number of rotatable bonds is 6. The maximum atomic E-state index is 11.9. The fourth-order valence-electron chi connectivity index (χ4n) is 2.03. The van der Waals surface area contributed by atoms with Crippen molar-refractivity contribution < 1.29 is 19.0 Å². The summed E-state index contributed by atoms with van der Waals surface area (Å²) in [5.74, 6) is 1.48. The smallest absolute Gasteiger partial charge is 0.239 e. The van der Waals surface area contributed by atoms with E-state index in [1.54, 1.807) is 7.11 Å². The molecule has 1 aliphatic heterocycles. The summed E-state index contributed by atoms with van der Waals surface area (Å²) in [4.78, 5) is 11.9. The van der Waals surface area contributed by atoms with Crippen molar-refractivity contribution in [2.75, 3.05) is 33.4 Å². The summed E-state index contributed by atoms with van der Waals surface area (Å²) in [6.45, 7) is 4.13. The van der Waals surface area contributed by atoms with Gasteiger partial charge in [-0.1, -0.05) is 0 Å². The fraction of sp³-hybridized carbons (Fsp3) is 0.533. The molecule has 1 aromatic rings. The Hall–Kier alpha value is -1.50. The van der Waals surface area contributed by atoms with E-state index in [1.165, 1.54) is 0 Å². The maximum Gasteiger partial charge on any atom is 0.239 e. The number of carbonyl (C=O) groups excluding carboxylic acids is 1. The van der Waals surface area contributed by atoms with E-state index in [1.807, 2.05) is 31.2 Å². The van der Waals surface area contributed by atoms with E-state index in [0.717, 1.165) is 11.5 Å². The average Bonchev–Trinajstić information content (AvgIpc) is 2.54. The third-order valence-corrected chi connectivity index (χ3v) is 3.20. The van der Waals surface area contributed by atoms with Crippen molar-refractivity contribution >= 4 is 18.3 Å². The lowest BCUT2D eigenvalue weighted by molar-refractivity contribution is -0.126. The van der Waals surface area contributed by atoms with Crippen LogP contribution in [0.15, 0.2) is 24.3 Å². The molecule has 0 aromatic heterocycles. The van der Waals surface area contributed by atoms with Gasteiger partial charge in [0, 0.05) is 6.54 Å². The van der Waals surface area contributed by atoms with Crippen molar-refractivity contribution in [3.05, 3.63) is 24.3 Å². The second-order valence-corrected chi connectivity index (χ2v) is 4.93. The van der Waals surface area contributed by atoms with Crippen LogP contribution in [0.3, 0.4) is 0 Å². The minimum Gasteiger partial charge on any atom is -0.497 e. The molecule has 7 heteroatoms. The molecule has 1 fully saturated rings. The Morgan fingerprint density at radius 1 is 1.41 bits per heavy atom. The summed E-state index contributed by atoms with van der Waals surface area (Å²) in [5, 5.41) is 5.98. The molecule has 2 atom stereocenters. The van der Waals surface area contributed by atoms with Gasteiger partial charge in [0.25, 0.3) is 0 Å². The lowest BCUT2D eigenvalue weighted by Gasteiger charge is -2.24. The standard InChI is InChI=1S/C15H22N2O4.ClH/c1-11(21-13-5-3-12(19-2)4-6-13)9-17-15(18)14-10-20-8-7-16-14;/h3-6,11,14,16H,7-10H2,1-2H3,(H,17,18);1H. The Bertz CT molecular complexity index is 449. The molecular weight excluding hydrogens is 308 g/mol.